The van der Waals surface area contributed by atoms with Gasteiger partial charge in [-0.1, -0.05) is 13.8 Å². The molecule has 27 heavy (non-hydrogen) atoms. The number of anilines is 1. The monoisotopic (exact) mass is 372 g/mol. The first-order chi connectivity index (χ1) is 12.8. The highest BCUT2D eigenvalue weighted by Crippen LogP contribution is 2.23. The highest BCUT2D eigenvalue weighted by Gasteiger charge is 2.21. The normalized spacial score (nSPS) is 10.4. The molecular formula is C22H32N2O3. The summed E-state index contributed by atoms with van der Waals surface area (Å²) in [5.41, 5.74) is 2.08. The van der Waals surface area contributed by atoms with Gasteiger partial charge in [0.05, 0.1) is 0 Å². The van der Waals surface area contributed by atoms with Gasteiger partial charge in [0.2, 0.25) is 0 Å². The van der Waals surface area contributed by atoms with Crippen LogP contribution in [-0.2, 0) is 6.54 Å². The van der Waals surface area contributed by atoms with E-state index in [2.05, 4.69) is 5.32 Å². The molecule has 0 atom stereocenters. The fraction of sp³-hybridized carbons (Fsp3) is 0.409. The molecule has 1 amide bonds. The van der Waals surface area contributed by atoms with E-state index >= 15 is 0 Å². The number of nitrogens with zero attached hydrogens (tertiary/aromatic N) is 1. The molecule has 2 aromatic carbocycles. The van der Waals surface area contributed by atoms with Crippen molar-refractivity contribution in [1.82, 2.24) is 4.90 Å². The topological polar surface area (TPSA) is 72.8 Å². The fourth-order valence-electron chi connectivity index (χ4n) is 2.86. The third-order valence-corrected chi connectivity index (χ3v) is 4.03. The maximum Gasteiger partial charge on any atom is 0.254 e. The minimum absolute atomic E-state index is 0.0159. The zero-order valence-corrected chi connectivity index (χ0v) is 17.2. The number of rotatable bonds is 6. The number of amides is 1. The number of carbonyl (C=O) groups excluding carboxylic acids is 1. The van der Waals surface area contributed by atoms with Crippen LogP contribution in [0, 0.1) is 0 Å². The number of carbonyl (C=O) groups is 1. The van der Waals surface area contributed by atoms with Crippen molar-refractivity contribution in [2.24, 2.45) is 0 Å². The van der Waals surface area contributed by atoms with Crippen molar-refractivity contribution >= 4 is 11.6 Å². The number of nitrogens with one attached hydrogen (secondary N) is 1. The molecule has 2 aromatic rings. The Morgan fingerprint density at radius 3 is 2.04 bits per heavy atom. The van der Waals surface area contributed by atoms with Crippen LogP contribution < -0.4 is 5.32 Å². The average molecular weight is 373 g/mol. The third kappa shape index (κ3) is 6.20. The van der Waals surface area contributed by atoms with Crippen LogP contribution in [-0.4, -0.2) is 33.1 Å². The summed E-state index contributed by atoms with van der Waals surface area (Å²) in [4.78, 5) is 14.5. The number of hydrogen-bond donors (Lipinski definition) is 3. The van der Waals surface area contributed by atoms with E-state index in [0.717, 1.165) is 5.69 Å². The number of phenols is 2. The van der Waals surface area contributed by atoms with Gasteiger partial charge in [-0.2, -0.15) is 0 Å². The lowest BCUT2D eigenvalue weighted by Gasteiger charge is -2.30. The number of phenolic OH excluding ortho intramolecular Hbond substituents is 2. The Balaban J connectivity index is 0.00000176. The van der Waals surface area contributed by atoms with Crippen LogP contribution in [0.3, 0.4) is 0 Å². The van der Waals surface area contributed by atoms with E-state index in [1.54, 1.807) is 12.1 Å². The zero-order chi connectivity index (χ0) is 20.6. The second-order valence-electron chi connectivity index (χ2n) is 6.64. The summed E-state index contributed by atoms with van der Waals surface area (Å²) in [6.07, 6.45) is 0. The van der Waals surface area contributed by atoms with E-state index in [0.29, 0.717) is 17.7 Å². The Kier molecular flexibility index (Phi) is 8.66. The Morgan fingerprint density at radius 2 is 1.52 bits per heavy atom. The van der Waals surface area contributed by atoms with Crippen molar-refractivity contribution in [3.63, 3.8) is 0 Å². The molecule has 0 aliphatic heterocycles. The molecule has 5 heteroatoms. The second-order valence-corrected chi connectivity index (χ2v) is 6.64. The molecule has 2 rings (SSSR count). The Bertz CT molecular complexity index is 717. The summed E-state index contributed by atoms with van der Waals surface area (Å²) in [5.74, 6) is 0.252. The first kappa shape index (κ1) is 22.4. The zero-order valence-electron chi connectivity index (χ0n) is 17.2. The third-order valence-electron chi connectivity index (χ3n) is 4.03. The molecule has 0 aromatic heterocycles. The van der Waals surface area contributed by atoms with Crippen LogP contribution in [0.25, 0.3) is 0 Å². The molecule has 0 saturated carbocycles. The van der Waals surface area contributed by atoms with Gasteiger partial charge in [0.25, 0.3) is 5.91 Å². The van der Waals surface area contributed by atoms with Gasteiger partial charge in [-0.25, -0.2) is 0 Å². The predicted octanol–water partition coefficient (Wildman–Crippen LogP) is 5.00. The van der Waals surface area contributed by atoms with E-state index in [4.69, 9.17) is 0 Å². The average Bonchev–Trinajstić information content (AvgIpc) is 2.64. The van der Waals surface area contributed by atoms with Crippen LogP contribution in [0.2, 0.25) is 0 Å². The first-order valence-electron chi connectivity index (χ1n) is 9.47. The largest absolute Gasteiger partial charge is 0.508 e. The summed E-state index contributed by atoms with van der Waals surface area (Å²) in [5, 5.41) is 22.5. The molecule has 0 radical (unpaired) electrons. The van der Waals surface area contributed by atoms with Crippen LogP contribution in [0.4, 0.5) is 5.69 Å². The van der Waals surface area contributed by atoms with Crippen LogP contribution in [0.15, 0.2) is 42.5 Å². The van der Waals surface area contributed by atoms with Crippen molar-refractivity contribution in [1.29, 1.82) is 0 Å². The molecular weight excluding hydrogens is 340 g/mol. The van der Waals surface area contributed by atoms with Gasteiger partial charge in [0.15, 0.2) is 0 Å². The van der Waals surface area contributed by atoms with Gasteiger partial charge in [0, 0.05) is 35.4 Å². The van der Waals surface area contributed by atoms with Crippen LogP contribution in [0.5, 0.6) is 11.5 Å². The van der Waals surface area contributed by atoms with Crippen LogP contribution in [0.1, 0.15) is 57.5 Å². The Morgan fingerprint density at radius 1 is 0.963 bits per heavy atom. The smallest absolute Gasteiger partial charge is 0.254 e. The van der Waals surface area contributed by atoms with Crippen molar-refractivity contribution < 1.29 is 15.0 Å². The van der Waals surface area contributed by atoms with E-state index in [1.165, 1.54) is 18.2 Å². The van der Waals surface area contributed by atoms with Crippen molar-refractivity contribution in [3.05, 3.63) is 53.6 Å². The maximum atomic E-state index is 12.6. The van der Waals surface area contributed by atoms with Crippen molar-refractivity contribution in [3.8, 4) is 11.5 Å². The van der Waals surface area contributed by atoms with Gasteiger partial charge >= 0.3 is 0 Å². The molecule has 0 aliphatic carbocycles. The molecule has 0 fully saturated rings. The minimum Gasteiger partial charge on any atom is -0.508 e. The highest BCUT2D eigenvalue weighted by atomic mass is 16.3. The Hall–Kier alpha value is -2.69. The molecule has 5 nitrogen and oxygen atoms in total. The molecule has 3 N–H and O–H groups in total. The molecule has 148 valence electrons. The van der Waals surface area contributed by atoms with Gasteiger partial charge in [-0.3, -0.25) is 4.79 Å². The molecule has 0 bridgehead atoms. The van der Waals surface area contributed by atoms with Gasteiger partial charge in [-0.05, 0) is 70.2 Å². The van der Waals surface area contributed by atoms with Gasteiger partial charge in [0.1, 0.15) is 11.5 Å². The van der Waals surface area contributed by atoms with E-state index in [1.807, 2.05) is 58.6 Å². The number of benzene rings is 2. The maximum absolute atomic E-state index is 12.6. The first-order valence-corrected chi connectivity index (χ1v) is 9.47. The van der Waals surface area contributed by atoms with Crippen molar-refractivity contribution in [2.45, 2.75) is 60.2 Å². The SMILES string of the molecule is CC.CC(C)N(C(=O)c1ccc(NCc2cc(O)ccc2O)cc1)C(C)C. The van der Waals surface area contributed by atoms with Gasteiger partial charge < -0.3 is 20.4 Å². The standard InChI is InChI=1S/C20H26N2O3.C2H6/c1-13(2)22(14(3)4)20(25)15-5-7-17(8-6-15)21-12-16-11-18(23)9-10-19(16)24;1-2/h5-11,13-14,21,23-24H,12H2,1-4H3;1-2H3. The molecule has 0 heterocycles. The van der Waals surface area contributed by atoms with Gasteiger partial charge in [-0.15, -0.1) is 0 Å². The summed E-state index contributed by atoms with van der Waals surface area (Å²) >= 11 is 0. The minimum atomic E-state index is 0.0159. The molecule has 0 aliphatic rings. The number of aromatic hydroxyl groups is 2. The summed E-state index contributed by atoms with van der Waals surface area (Å²) in [7, 11) is 0. The lowest BCUT2D eigenvalue weighted by atomic mass is 10.1. The lowest BCUT2D eigenvalue weighted by Crippen LogP contribution is -2.42. The fourth-order valence-corrected chi connectivity index (χ4v) is 2.86. The summed E-state index contributed by atoms with van der Waals surface area (Å²) in [6, 6.07) is 12.0. The summed E-state index contributed by atoms with van der Waals surface area (Å²) < 4.78 is 0. The number of hydrogen-bond acceptors (Lipinski definition) is 4. The Labute approximate surface area is 162 Å². The van der Waals surface area contributed by atoms with Crippen molar-refractivity contribution in [2.75, 3.05) is 5.32 Å². The second kappa shape index (κ2) is 10.5. The van der Waals surface area contributed by atoms with Crippen LogP contribution >= 0.6 is 0 Å². The highest BCUT2D eigenvalue weighted by molar-refractivity contribution is 5.95. The molecule has 0 unspecified atom stereocenters. The van der Waals surface area contributed by atoms with E-state index in [-0.39, 0.29) is 29.5 Å². The quantitative estimate of drug-likeness (QED) is 0.624. The lowest BCUT2D eigenvalue weighted by molar-refractivity contribution is 0.0643. The summed E-state index contributed by atoms with van der Waals surface area (Å²) in [6.45, 7) is 12.4. The van der Waals surface area contributed by atoms with E-state index < -0.39 is 0 Å². The molecule has 0 saturated heterocycles. The predicted molar refractivity (Wildman–Crippen MR) is 111 cm³/mol. The van der Waals surface area contributed by atoms with E-state index in [9.17, 15) is 15.0 Å². The molecule has 0 spiro atoms.